The molecule has 1 N–H and O–H groups in total. The molecule has 20 heavy (non-hydrogen) atoms. The molecule has 0 aliphatic heterocycles. The van der Waals surface area contributed by atoms with E-state index in [0.29, 0.717) is 16.2 Å². The van der Waals surface area contributed by atoms with Crippen molar-refractivity contribution in [1.82, 2.24) is 20.2 Å². The van der Waals surface area contributed by atoms with E-state index in [0.717, 1.165) is 0 Å². The Balaban J connectivity index is 2.04. The molecule has 0 atom stereocenters. The lowest BCUT2D eigenvalue weighted by atomic mass is 10.3. The van der Waals surface area contributed by atoms with Crippen molar-refractivity contribution in [3.05, 3.63) is 24.3 Å². The zero-order chi connectivity index (χ0) is 14.5. The van der Waals surface area contributed by atoms with Crippen LogP contribution < -0.4 is 10.1 Å². The number of ether oxygens (including phenoxy) is 2. The normalized spacial score (nSPS) is 9.90. The Labute approximate surface area is 113 Å². The summed E-state index contributed by atoms with van der Waals surface area (Å²) in [6.07, 6.45) is -0.770. The number of anilines is 1. The summed E-state index contributed by atoms with van der Waals surface area (Å²) in [4.78, 5) is 22.6. The Bertz CT molecular complexity index is 622. The summed E-state index contributed by atoms with van der Waals surface area (Å²) in [5, 5.41) is 13.3. The molecule has 1 aromatic heterocycles. The van der Waals surface area contributed by atoms with Gasteiger partial charge < -0.3 is 14.8 Å². The number of nitrogens with zero attached hydrogens (tertiary/aromatic N) is 4. The monoisotopic (exact) mass is 277 g/mol. The average Bonchev–Trinajstić information content (AvgIpc) is 2.88. The Kier molecular flexibility index (Phi) is 3.89. The number of methoxy groups -OCH3 is 1. The molecule has 2 rings (SSSR count). The molecule has 0 aliphatic carbocycles. The highest BCUT2D eigenvalue weighted by molar-refractivity contribution is 5.88. The summed E-state index contributed by atoms with van der Waals surface area (Å²) in [6, 6.07) is 6.44. The van der Waals surface area contributed by atoms with Crippen LogP contribution in [0.15, 0.2) is 24.3 Å². The Morgan fingerprint density at radius 2 is 1.95 bits per heavy atom. The molecule has 9 heteroatoms. The van der Waals surface area contributed by atoms with Crippen LogP contribution in [0.3, 0.4) is 0 Å². The Hall–Kier alpha value is -2.97. The van der Waals surface area contributed by atoms with E-state index in [9.17, 15) is 9.59 Å². The van der Waals surface area contributed by atoms with Crippen molar-refractivity contribution in [2.75, 3.05) is 12.4 Å². The first-order valence-corrected chi connectivity index (χ1v) is 5.52. The predicted molar refractivity (Wildman–Crippen MR) is 66.4 cm³/mol. The van der Waals surface area contributed by atoms with Gasteiger partial charge in [0, 0.05) is 12.6 Å². The van der Waals surface area contributed by atoms with Gasteiger partial charge in [0.1, 0.15) is 5.75 Å². The van der Waals surface area contributed by atoms with E-state index in [4.69, 9.17) is 4.74 Å². The number of benzene rings is 1. The van der Waals surface area contributed by atoms with Crippen molar-refractivity contribution >= 4 is 17.7 Å². The molecule has 9 nitrogen and oxygen atoms in total. The molecule has 0 radical (unpaired) electrons. The second-order valence-corrected chi connectivity index (χ2v) is 3.64. The third-order valence-electron chi connectivity index (χ3n) is 2.12. The van der Waals surface area contributed by atoms with Gasteiger partial charge in [-0.15, -0.1) is 0 Å². The minimum atomic E-state index is -0.770. The largest absolute Gasteiger partial charge is 0.453 e. The molecule has 0 saturated heterocycles. The minimum Gasteiger partial charge on any atom is -0.450 e. The number of nitrogens with one attached hydrogen (secondary N) is 1. The van der Waals surface area contributed by atoms with Crippen molar-refractivity contribution in [3.63, 3.8) is 0 Å². The maximum Gasteiger partial charge on any atom is 0.453 e. The van der Waals surface area contributed by atoms with Gasteiger partial charge in [-0.25, -0.2) is 4.79 Å². The molecule has 1 amide bonds. The number of amides is 1. The number of tetrazole rings is 1. The van der Waals surface area contributed by atoms with Crippen LogP contribution in [-0.4, -0.2) is 39.3 Å². The van der Waals surface area contributed by atoms with Gasteiger partial charge in [0.25, 0.3) is 0 Å². The fourth-order valence-corrected chi connectivity index (χ4v) is 1.32. The highest BCUT2D eigenvalue weighted by atomic mass is 16.5. The van der Waals surface area contributed by atoms with Crippen LogP contribution in [0, 0.1) is 0 Å². The van der Waals surface area contributed by atoms with Crippen molar-refractivity contribution in [1.29, 1.82) is 0 Å². The van der Waals surface area contributed by atoms with Crippen LogP contribution in [-0.2, 0) is 9.53 Å². The molecule has 0 unspecified atom stereocenters. The van der Waals surface area contributed by atoms with E-state index in [1.807, 2.05) is 0 Å². The lowest BCUT2D eigenvalue weighted by molar-refractivity contribution is -0.114. The van der Waals surface area contributed by atoms with Crippen LogP contribution in [0.4, 0.5) is 10.5 Å². The minimum absolute atomic E-state index is 0.0947. The second kappa shape index (κ2) is 5.78. The van der Waals surface area contributed by atoms with Crippen LogP contribution in [0.2, 0.25) is 0 Å². The van der Waals surface area contributed by atoms with Gasteiger partial charge in [0.2, 0.25) is 5.91 Å². The smallest absolute Gasteiger partial charge is 0.450 e. The Morgan fingerprint density at radius 3 is 2.55 bits per heavy atom. The van der Waals surface area contributed by atoms with E-state index < -0.39 is 6.09 Å². The predicted octanol–water partition coefficient (Wildman–Crippen LogP) is 1.04. The van der Waals surface area contributed by atoms with Gasteiger partial charge >= 0.3 is 12.1 Å². The average molecular weight is 277 g/mol. The van der Waals surface area contributed by atoms with Crippen molar-refractivity contribution < 1.29 is 19.1 Å². The Morgan fingerprint density at radius 1 is 1.25 bits per heavy atom. The van der Waals surface area contributed by atoms with E-state index in [2.05, 4.69) is 25.5 Å². The van der Waals surface area contributed by atoms with Gasteiger partial charge in [-0.3, -0.25) is 4.79 Å². The number of carbonyl (C=O) groups excluding carboxylic acids is 2. The summed E-state index contributed by atoms with van der Waals surface area (Å²) in [5.41, 5.74) is 0.635. The zero-order valence-electron chi connectivity index (χ0n) is 10.7. The van der Waals surface area contributed by atoms with Gasteiger partial charge in [-0.1, -0.05) is 15.0 Å². The standard InChI is InChI=1S/C11H11N5O4/c1-7(17)12-8-3-5-9(6-4-8)20-10-13-15-16(14-10)11(18)19-2/h3-6H,1-2H3,(H,12,17). The molecule has 0 saturated carbocycles. The third kappa shape index (κ3) is 3.28. The quantitative estimate of drug-likeness (QED) is 0.892. The first-order valence-electron chi connectivity index (χ1n) is 5.52. The molecule has 0 bridgehead atoms. The molecular formula is C11H11N5O4. The van der Waals surface area contributed by atoms with E-state index >= 15 is 0 Å². The van der Waals surface area contributed by atoms with Gasteiger partial charge in [0.15, 0.2) is 0 Å². The fourth-order valence-electron chi connectivity index (χ4n) is 1.32. The molecule has 0 aliphatic rings. The highest BCUT2D eigenvalue weighted by Gasteiger charge is 2.11. The third-order valence-corrected chi connectivity index (χ3v) is 2.12. The van der Waals surface area contributed by atoms with Gasteiger partial charge in [-0.05, 0) is 29.5 Å². The lowest BCUT2D eigenvalue weighted by Crippen LogP contribution is -2.14. The first kappa shape index (κ1) is 13.5. The van der Waals surface area contributed by atoms with Gasteiger partial charge in [0.05, 0.1) is 7.11 Å². The maximum atomic E-state index is 11.1. The number of carbonyl (C=O) groups is 2. The molecule has 1 aromatic carbocycles. The summed E-state index contributed by atoms with van der Waals surface area (Å²) < 4.78 is 9.70. The molecule has 2 aromatic rings. The number of rotatable bonds is 3. The number of hydrogen-bond donors (Lipinski definition) is 1. The van der Waals surface area contributed by atoms with Crippen LogP contribution >= 0.6 is 0 Å². The van der Waals surface area contributed by atoms with Crippen LogP contribution in [0.1, 0.15) is 6.92 Å². The number of hydrogen-bond acceptors (Lipinski definition) is 7. The van der Waals surface area contributed by atoms with Crippen molar-refractivity contribution in [2.45, 2.75) is 6.92 Å². The summed E-state index contributed by atoms with van der Waals surface area (Å²) in [6.45, 7) is 1.42. The topological polar surface area (TPSA) is 108 Å². The zero-order valence-corrected chi connectivity index (χ0v) is 10.7. The second-order valence-electron chi connectivity index (χ2n) is 3.64. The molecular weight excluding hydrogens is 266 g/mol. The van der Waals surface area contributed by atoms with E-state index in [-0.39, 0.29) is 11.9 Å². The van der Waals surface area contributed by atoms with Gasteiger partial charge in [-0.2, -0.15) is 0 Å². The van der Waals surface area contributed by atoms with E-state index in [1.165, 1.54) is 14.0 Å². The van der Waals surface area contributed by atoms with Crippen molar-refractivity contribution in [3.8, 4) is 11.8 Å². The highest BCUT2D eigenvalue weighted by Crippen LogP contribution is 2.19. The molecule has 1 heterocycles. The SMILES string of the molecule is COC(=O)n1nnc(Oc2ccc(NC(C)=O)cc2)n1. The molecule has 104 valence electrons. The maximum absolute atomic E-state index is 11.1. The fraction of sp³-hybridized carbons (Fsp3) is 0.182. The summed E-state index contributed by atoms with van der Waals surface area (Å²) >= 11 is 0. The lowest BCUT2D eigenvalue weighted by Gasteiger charge is -2.03. The van der Waals surface area contributed by atoms with Crippen LogP contribution in [0.25, 0.3) is 0 Å². The van der Waals surface area contributed by atoms with E-state index in [1.54, 1.807) is 24.3 Å². The number of aromatic nitrogens is 4. The molecule has 0 spiro atoms. The summed E-state index contributed by atoms with van der Waals surface area (Å²) in [7, 11) is 1.20. The summed E-state index contributed by atoms with van der Waals surface area (Å²) in [5.74, 6) is 0.268. The first-order chi connectivity index (χ1) is 9.58. The van der Waals surface area contributed by atoms with Crippen LogP contribution in [0.5, 0.6) is 11.8 Å². The molecule has 0 fully saturated rings. The van der Waals surface area contributed by atoms with Crippen molar-refractivity contribution in [2.24, 2.45) is 0 Å².